The number of halogens is 1. The summed E-state index contributed by atoms with van der Waals surface area (Å²) in [6, 6.07) is 11.5. The van der Waals surface area contributed by atoms with Gasteiger partial charge < -0.3 is 10.1 Å². The number of benzene rings is 1. The highest BCUT2D eigenvalue weighted by molar-refractivity contribution is 9.11. The molecule has 0 fully saturated rings. The molecule has 1 atom stereocenters. The van der Waals surface area contributed by atoms with E-state index in [9.17, 15) is 4.79 Å². The van der Waals surface area contributed by atoms with E-state index in [1.54, 1.807) is 11.3 Å². The van der Waals surface area contributed by atoms with Gasteiger partial charge in [-0.1, -0.05) is 30.3 Å². The van der Waals surface area contributed by atoms with E-state index in [0.29, 0.717) is 0 Å². The molecule has 1 N–H and O–H groups in total. The smallest absolute Gasteiger partial charge is 0.407 e. The maximum absolute atomic E-state index is 11.7. The van der Waals surface area contributed by atoms with Crippen LogP contribution in [0.2, 0.25) is 0 Å². The molecule has 0 aliphatic rings. The van der Waals surface area contributed by atoms with Gasteiger partial charge in [0.15, 0.2) is 0 Å². The summed E-state index contributed by atoms with van der Waals surface area (Å²) < 4.78 is 6.22. The molecule has 1 aromatic heterocycles. The quantitative estimate of drug-likeness (QED) is 0.890. The molecule has 19 heavy (non-hydrogen) atoms. The third-order valence-corrected chi connectivity index (χ3v) is 4.16. The van der Waals surface area contributed by atoms with Crippen molar-refractivity contribution in [3.8, 4) is 0 Å². The van der Waals surface area contributed by atoms with Crippen molar-refractivity contribution < 1.29 is 9.53 Å². The number of carbonyl (C=O) groups excluding carboxylic acids is 1. The molecule has 0 saturated carbocycles. The van der Waals surface area contributed by atoms with Crippen molar-refractivity contribution in [2.24, 2.45) is 0 Å². The van der Waals surface area contributed by atoms with Crippen molar-refractivity contribution in [1.29, 1.82) is 0 Å². The van der Waals surface area contributed by atoms with E-state index >= 15 is 0 Å². The van der Waals surface area contributed by atoms with Crippen LogP contribution in [0.4, 0.5) is 4.79 Å². The molecular weight excluding hydrogens is 326 g/mol. The second-order valence-electron chi connectivity index (χ2n) is 4.11. The summed E-state index contributed by atoms with van der Waals surface area (Å²) in [6.07, 6.45) is -0.404. The number of carbonyl (C=O) groups is 1. The number of nitrogens with one attached hydrogen (secondary N) is 1. The molecule has 1 amide bonds. The first-order valence-electron chi connectivity index (χ1n) is 5.86. The topological polar surface area (TPSA) is 38.3 Å². The van der Waals surface area contributed by atoms with Crippen LogP contribution >= 0.6 is 27.3 Å². The monoisotopic (exact) mass is 339 g/mol. The average Bonchev–Trinajstić information content (AvgIpc) is 2.84. The van der Waals surface area contributed by atoms with Crippen molar-refractivity contribution >= 4 is 33.4 Å². The lowest BCUT2D eigenvalue weighted by Crippen LogP contribution is -2.26. The van der Waals surface area contributed by atoms with Crippen LogP contribution in [-0.2, 0) is 11.3 Å². The molecule has 0 aliphatic heterocycles. The highest BCUT2D eigenvalue weighted by atomic mass is 79.9. The first-order chi connectivity index (χ1) is 9.15. The average molecular weight is 340 g/mol. The molecule has 2 aromatic rings. The van der Waals surface area contributed by atoms with Crippen molar-refractivity contribution in [2.75, 3.05) is 0 Å². The first kappa shape index (κ1) is 14.1. The number of ether oxygens (including phenoxy) is 1. The highest BCUT2D eigenvalue weighted by Gasteiger charge is 2.11. The Hall–Kier alpha value is -1.33. The lowest BCUT2D eigenvalue weighted by Gasteiger charge is -2.12. The summed E-state index contributed by atoms with van der Waals surface area (Å²) in [5.41, 5.74) is 2.04. The Balaban J connectivity index is 1.81. The minimum atomic E-state index is -0.404. The standard InChI is InChI=1S/C14H14BrNO2S/c1-10(12-7-13(15)19-9-12)16-14(17)18-8-11-5-3-2-4-6-11/h2-7,9-10H,8H2,1H3,(H,16,17)/t10-/m1/s1. The molecule has 1 aromatic carbocycles. The Morgan fingerprint density at radius 3 is 2.79 bits per heavy atom. The summed E-state index contributed by atoms with van der Waals surface area (Å²) in [7, 11) is 0. The number of thiophene rings is 1. The van der Waals surface area contributed by atoms with Gasteiger partial charge in [0, 0.05) is 0 Å². The zero-order chi connectivity index (χ0) is 13.7. The summed E-state index contributed by atoms with van der Waals surface area (Å²) in [5, 5.41) is 4.81. The van der Waals surface area contributed by atoms with Crippen molar-refractivity contribution in [2.45, 2.75) is 19.6 Å². The molecule has 0 bridgehead atoms. The molecule has 1 heterocycles. The van der Waals surface area contributed by atoms with Crippen LogP contribution in [0.15, 0.2) is 45.6 Å². The molecule has 100 valence electrons. The van der Waals surface area contributed by atoms with E-state index in [4.69, 9.17) is 4.74 Å². The van der Waals surface area contributed by atoms with Crippen molar-refractivity contribution in [3.63, 3.8) is 0 Å². The maximum Gasteiger partial charge on any atom is 0.407 e. The molecule has 2 rings (SSSR count). The fourth-order valence-electron chi connectivity index (χ4n) is 1.58. The van der Waals surface area contributed by atoms with Gasteiger partial charge in [0.1, 0.15) is 6.61 Å². The number of hydrogen-bond donors (Lipinski definition) is 1. The van der Waals surface area contributed by atoms with Crippen LogP contribution in [-0.4, -0.2) is 6.09 Å². The number of amides is 1. The van der Waals surface area contributed by atoms with Gasteiger partial charge in [0.25, 0.3) is 0 Å². The minimum Gasteiger partial charge on any atom is -0.445 e. The molecule has 5 heteroatoms. The SMILES string of the molecule is C[C@@H](NC(=O)OCc1ccccc1)c1csc(Br)c1. The van der Waals surface area contributed by atoms with E-state index in [-0.39, 0.29) is 12.6 Å². The first-order valence-corrected chi connectivity index (χ1v) is 7.53. The predicted octanol–water partition coefficient (Wildman–Crippen LogP) is 4.50. The molecule has 0 spiro atoms. The molecule has 3 nitrogen and oxygen atoms in total. The second kappa shape index (κ2) is 6.73. The summed E-state index contributed by atoms with van der Waals surface area (Å²) in [4.78, 5) is 11.7. The Labute approximate surface area is 124 Å². The van der Waals surface area contributed by atoms with Gasteiger partial charge in [-0.2, -0.15) is 0 Å². The van der Waals surface area contributed by atoms with Crippen molar-refractivity contribution in [1.82, 2.24) is 5.32 Å². The zero-order valence-electron chi connectivity index (χ0n) is 10.4. The Kier molecular flexibility index (Phi) is 4.99. The fraction of sp³-hybridized carbons (Fsp3) is 0.214. The Bertz CT molecular complexity index is 541. The van der Waals surface area contributed by atoms with Gasteiger partial charge >= 0.3 is 6.09 Å². The third kappa shape index (κ3) is 4.36. The van der Waals surface area contributed by atoms with E-state index < -0.39 is 6.09 Å². The zero-order valence-corrected chi connectivity index (χ0v) is 12.8. The Morgan fingerprint density at radius 1 is 1.42 bits per heavy atom. The summed E-state index contributed by atoms with van der Waals surface area (Å²) in [5.74, 6) is 0. The van der Waals surface area contributed by atoms with Gasteiger partial charge in [-0.25, -0.2) is 4.79 Å². The van der Waals surface area contributed by atoms with E-state index in [1.165, 1.54) is 0 Å². The molecule has 0 aliphatic carbocycles. The summed E-state index contributed by atoms with van der Waals surface area (Å²) in [6.45, 7) is 2.21. The van der Waals surface area contributed by atoms with Gasteiger partial charge in [0.2, 0.25) is 0 Å². The maximum atomic E-state index is 11.7. The van der Waals surface area contributed by atoms with Crippen LogP contribution < -0.4 is 5.32 Å². The minimum absolute atomic E-state index is 0.0641. The van der Waals surface area contributed by atoms with Crippen LogP contribution in [0, 0.1) is 0 Å². The van der Waals surface area contributed by atoms with E-state index in [1.807, 2.05) is 48.7 Å². The van der Waals surface area contributed by atoms with Crippen LogP contribution in [0.1, 0.15) is 24.1 Å². The predicted molar refractivity (Wildman–Crippen MR) is 80.2 cm³/mol. The van der Waals surface area contributed by atoms with Gasteiger partial charge in [-0.3, -0.25) is 0 Å². The summed E-state index contributed by atoms with van der Waals surface area (Å²) >= 11 is 5.00. The van der Waals surface area contributed by atoms with Crippen LogP contribution in [0.3, 0.4) is 0 Å². The largest absolute Gasteiger partial charge is 0.445 e. The number of rotatable bonds is 4. The molecular formula is C14H14BrNO2S. The van der Waals surface area contributed by atoms with Crippen LogP contribution in [0.25, 0.3) is 0 Å². The fourth-order valence-corrected chi connectivity index (χ4v) is 2.85. The van der Waals surface area contributed by atoms with Crippen molar-refractivity contribution in [3.05, 3.63) is 56.7 Å². The van der Waals surface area contributed by atoms with Gasteiger partial charge in [-0.05, 0) is 45.4 Å². The van der Waals surface area contributed by atoms with Gasteiger partial charge in [0.05, 0.1) is 9.83 Å². The lowest BCUT2D eigenvalue weighted by atomic mass is 10.2. The molecule has 0 saturated heterocycles. The van der Waals surface area contributed by atoms with E-state index in [2.05, 4.69) is 21.2 Å². The molecule has 0 unspecified atom stereocenters. The third-order valence-electron chi connectivity index (χ3n) is 2.63. The normalized spacial score (nSPS) is 11.9. The molecule has 0 radical (unpaired) electrons. The van der Waals surface area contributed by atoms with E-state index in [0.717, 1.165) is 14.9 Å². The number of alkyl carbamates (subject to hydrolysis) is 1. The highest BCUT2D eigenvalue weighted by Crippen LogP contribution is 2.25. The number of hydrogen-bond acceptors (Lipinski definition) is 3. The second-order valence-corrected chi connectivity index (χ2v) is 6.40. The van der Waals surface area contributed by atoms with Crippen LogP contribution in [0.5, 0.6) is 0 Å². The lowest BCUT2D eigenvalue weighted by molar-refractivity contribution is 0.136. The Morgan fingerprint density at radius 2 is 2.16 bits per heavy atom. The van der Waals surface area contributed by atoms with Gasteiger partial charge in [-0.15, -0.1) is 11.3 Å².